The van der Waals surface area contributed by atoms with E-state index in [-0.39, 0.29) is 0 Å². The van der Waals surface area contributed by atoms with Gasteiger partial charge in [0, 0.05) is 18.2 Å². The van der Waals surface area contributed by atoms with Crippen molar-refractivity contribution < 1.29 is 0 Å². The minimum atomic E-state index is 0.975. The fraction of sp³-hybridized carbons (Fsp3) is 0.0625. The highest BCUT2D eigenvalue weighted by molar-refractivity contribution is 8.03. The molecule has 2 nitrogen and oxygen atoms in total. The Kier molecular flexibility index (Phi) is 3.38. The predicted octanol–water partition coefficient (Wildman–Crippen LogP) is 4.47. The van der Waals surface area contributed by atoms with Crippen molar-refractivity contribution in [3.63, 3.8) is 0 Å². The molecule has 1 aliphatic heterocycles. The zero-order valence-electron chi connectivity index (χ0n) is 10.7. The highest BCUT2D eigenvalue weighted by atomic mass is 32.2. The minimum Gasteiger partial charge on any atom is -0.338 e. The van der Waals surface area contributed by atoms with Crippen molar-refractivity contribution in [3.8, 4) is 0 Å². The molecule has 0 N–H and O–H groups in total. The zero-order chi connectivity index (χ0) is 13.1. The summed E-state index contributed by atoms with van der Waals surface area (Å²) >= 11 is 1.78. The molecule has 0 amide bonds. The Morgan fingerprint density at radius 3 is 2.53 bits per heavy atom. The number of rotatable bonds is 2. The number of hydrogen-bond acceptors (Lipinski definition) is 3. The number of hydrogen-bond donors (Lipinski definition) is 0. The Bertz CT molecular complexity index is 632. The highest BCUT2D eigenvalue weighted by Crippen LogP contribution is 2.44. The number of allylic oxidation sites excluding steroid dienone is 1. The molecule has 0 bridgehead atoms. The van der Waals surface area contributed by atoms with Crippen molar-refractivity contribution in [1.29, 1.82) is 0 Å². The average Bonchev–Trinajstić information content (AvgIpc) is 2.78. The summed E-state index contributed by atoms with van der Waals surface area (Å²) in [6.45, 7) is 0. The second-order valence-electron chi connectivity index (χ2n) is 4.25. The summed E-state index contributed by atoms with van der Waals surface area (Å²) in [6.07, 6.45) is 3.91. The van der Waals surface area contributed by atoms with Gasteiger partial charge in [-0.15, -0.1) is 0 Å². The van der Waals surface area contributed by atoms with Gasteiger partial charge in [-0.25, -0.2) is 0 Å². The lowest BCUT2D eigenvalue weighted by Crippen LogP contribution is -2.09. The van der Waals surface area contributed by atoms with E-state index < -0.39 is 0 Å². The van der Waals surface area contributed by atoms with Gasteiger partial charge in [0.25, 0.3) is 0 Å². The standard InChI is InChI=1S/C16H14N2S/c1-18-14-9-5-6-10-15(14)19-16(18)11-12-17-13-7-3-2-4-8-13/h2-12H,1H3. The Morgan fingerprint density at radius 2 is 1.74 bits per heavy atom. The molecule has 1 aliphatic rings. The van der Waals surface area contributed by atoms with E-state index in [4.69, 9.17) is 0 Å². The fourth-order valence-corrected chi connectivity index (χ4v) is 3.01. The first-order valence-electron chi connectivity index (χ1n) is 6.14. The summed E-state index contributed by atoms with van der Waals surface area (Å²) in [5.74, 6) is 0. The van der Waals surface area contributed by atoms with E-state index in [0.717, 1.165) is 5.69 Å². The minimum absolute atomic E-state index is 0.975. The largest absolute Gasteiger partial charge is 0.338 e. The van der Waals surface area contributed by atoms with Crippen molar-refractivity contribution in [2.45, 2.75) is 4.90 Å². The lowest BCUT2D eigenvalue weighted by Gasteiger charge is -2.12. The maximum atomic E-state index is 4.43. The zero-order valence-corrected chi connectivity index (χ0v) is 11.5. The van der Waals surface area contributed by atoms with Crippen LogP contribution in [-0.2, 0) is 0 Å². The van der Waals surface area contributed by atoms with Gasteiger partial charge >= 0.3 is 0 Å². The summed E-state index contributed by atoms with van der Waals surface area (Å²) < 4.78 is 0. The molecule has 0 saturated carbocycles. The number of fused-ring (bicyclic) bond motifs is 1. The molecule has 0 unspecified atom stereocenters. The lowest BCUT2D eigenvalue weighted by atomic mass is 10.3. The van der Waals surface area contributed by atoms with Gasteiger partial charge < -0.3 is 4.90 Å². The number of para-hydroxylation sites is 2. The lowest BCUT2D eigenvalue weighted by molar-refractivity contribution is 1.18. The SMILES string of the molecule is CN1C(=CC=Nc2ccccc2)Sc2ccccc21. The average molecular weight is 266 g/mol. The molecule has 0 spiro atoms. The van der Waals surface area contributed by atoms with Gasteiger partial charge in [-0.1, -0.05) is 42.1 Å². The van der Waals surface area contributed by atoms with E-state index in [1.807, 2.05) is 36.5 Å². The third-order valence-electron chi connectivity index (χ3n) is 2.97. The van der Waals surface area contributed by atoms with Gasteiger partial charge in [-0.05, 0) is 30.3 Å². The number of benzene rings is 2. The quantitative estimate of drug-likeness (QED) is 0.745. The van der Waals surface area contributed by atoms with Crippen LogP contribution in [0.25, 0.3) is 0 Å². The number of nitrogens with zero attached hydrogens (tertiary/aromatic N) is 2. The van der Waals surface area contributed by atoms with Crippen LogP contribution < -0.4 is 4.90 Å². The van der Waals surface area contributed by atoms with E-state index in [9.17, 15) is 0 Å². The third kappa shape index (κ3) is 2.56. The van der Waals surface area contributed by atoms with E-state index in [2.05, 4.69) is 47.3 Å². The third-order valence-corrected chi connectivity index (χ3v) is 4.15. The summed E-state index contributed by atoms with van der Waals surface area (Å²) in [6, 6.07) is 18.4. The van der Waals surface area contributed by atoms with E-state index in [1.165, 1.54) is 15.6 Å². The van der Waals surface area contributed by atoms with Crippen molar-refractivity contribution in [2.75, 3.05) is 11.9 Å². The summed E-state index contributed by atoms with van der Waals surface area (Å²) in [7, 11) is 2.08. The Balaban J connectivity index is 1.78. The van der Waals surface area contributed by atoms with Gasteiger partial charge in [0.1, 0.15) is 0 Å². The van der Waals surface area contributed by atoms with Crippen LogP contribution in [0.1, 0.15) is 0 Å². The maximum absolute atomic E-state index is 4.43. The second kappa shape index (κ2) is 5.33. The number of aliphatic imine (C=N–C) groups is 1. The Labute approximate surface area is 117 Å². The normalized spacial score (nSPS) is 16.3. The molecule has 0 atom stereocenters. The van der Waals surface area contributed by atoms with Gasteiger partial charge in [0.15, 0.2) is 0 Å². The molecule has 0 saturated heterocycles. The van der Waals surface area contributed by atoms with Crippen LogP contribution in [0.15, 0.2) is 75.6 Å². The summed E-state index contributed by atoms with van der Waals surface area (Å²) in [5.41, 5.74) is 2.23. The monoisotopic (exact) mass is 266 g/mol. The van der Waals surface area contributed by atoms with Crippen molar-refractivity contribution >= 4 is 29.4 Å². The maximum Gasteiger partial charge on any atom is 0.0814 e. The number of anilines is 1. The molecule has 3 rings (SSSR count). The molecule has 0 radical (unpaired) electrons. The van der Waals surface area contributed by atoms with E-state index >= 15 is 0 Å². The van der Waals surface area contributed by atoms with Gasteiger partial charge in [-0.3, -0.25) is 4.99 Å². The van der Waals surface area contributed by atoms with Crippen LogP contribution in [0, 0.1) is 0 Å². The molecule has 2 aromatic rings. The molecule has 1 heterocycles. The smallest absolute Gasteiger partial charge is 0.0814 e. The first-order valence-corrected chi connectivity index (χ1v) is 6.96. The molecule has 0 aliphatic carbocycles. The first kappa shape index (κ1) is 12.1. The summed E-state index contributed by atoms with van der Waals surface area (Å²) in [5, 5.41) is 1.20. The van der Waals surface area contributed by atoms with Crippen molar-refractivity contribution in [3.05, 3.63) is 65.7 Å². The van der Waals surface area contributed by atoms with Crippen LogP contribution in [-0.4, -0.2) is 13.3 Å². The van der Waals surface area contributed by atoms with Gasteiger partial charge in [0.05, 0.1) is 16.4 Å². The topological polar surface area (TPSA) is 15.6 Å². The van der Waals surface area contributed by atoms with Crippen LogP contribution in [0.2, 0.25) is 0 Å². The molecule has 0 aromatic heterocycles. The van der Waals surface area contributed by atoms with Crippen molar-refractivity contribution in [2.24, 2.45) is 4.99 Å². The van der Waals surface area contributed by atoms with Crippen LogP contribution in [0.4, 0.5) is 11.4 Å². The molecule has 19 heavy (non-hydrogen) atoms. The van der Waals surface area contributed by atoms with Crippen molar-refractivity contribution in [1.82, 2.24) is 0 Å². The molecular formula is C16H14N2S. The number of thioether (sulfide) groups is 1. The fourth-order valence-electron chi connectivity index (χ4n) is 1.97. The Morgan fingerprint density at radius 1 is 1.00 bits per heavy atom. The highest BCUT2D eigenvalue weighted by Gasteiger charge is 2.20. The first-order chi connectivity index (χ1) is 9.34. The molecular weight excluding hydrogens is 252 g/mol. The molecule has 3 heteroatoms. The second-order valence-corrected chi connectivity index (χ2v) is 5.31. The van der Waals surface area contributed by atoms with Crippen LogP contribution >= 0.6 is 11.8 Å². The molecule has 2 aromatic carbocycles. The van der Waals surface area contributed by atoms with E-state index in [1.54, 1.807) is 11.8 Å². The summed E-state index contributed by atoms with van der Waals surface area (Å²) in [4.78, 5) is 7.91. The van der Waals surface area contributed by atoms with Crippen LogP contribution in [0.5, 0.6) is 0 Å². The molecule has 0 fully saturated rings. The predicted molar refractivity (Wildman–Crippen MR) is 83.4 cm³/mol. The van der Waals surface area contributed by atoms with E-state index in [0.29, 0.717) is 0 Å². The van der Waals surface area contributed by atoms with Crippen LogP contribution in [0.3, 0.4) is 0 Å². The van der Waals surface area contributed by atoms with Gasteiger partial charge in [-0.2, -0.15) is 0 Å². The molecule has 94 valence electrons. The van der Waals surface area contributed by atoms with Gasteiger partial charge in [0.2, 0.25) is 0 Å². The Hall–Kier alpha value is -2.00.